The quantitative estimate of drug-likeness (QED) is 0.155. The van der Waals surface area contributed by atoms with Crippen molar-refractivity contribution in [2.75, 3.05) is 12.9 Å². The number of imidazole rings is 1. The third kappa shape index (κ3) is 5.49. The van der Waals surface area contributed by atoms with Gasteiger partial charge in [-0.1, -0.05) is 19.6 Å². The fraction of sp³-hybridized carbons (Fsp3) is 0.500. The lowest BCUT2D eigenvalue weighted by Crippen LogP contribution is -2.34. The minimum Gasteiger partial charge on any atom is -0.361 e. The van der Waals surface area contributed by atoms with E-state index in [4.69, 9.17) is 14.7 Å². The van der Waals surface area contributed by atoms with Crippen LogP contribution in [0.4, 0.5) is 0 Å². The number of carbonyl (C=O) groups is 1. The zero-order valence-corrected chi connectivity index (χ0v) is 25.6. The number of fused-ring (bicyclic) bond motifs is 1. The molecule has 0 bridgehead atoms. The number of amides is 1. The first-order valence-corrected chi connectivity index (χ1v) is 18.6. The Hall–Kier alpha value is -2.42. The van der Waals surface area contributed by atoms with E-state index in [9.17, 15) is 4.79 Å². The number of carbonyl (C=O) groups excluding carboxylic acids is 1. The third-order valence-corrected chi connectivity index (χ3v) is 10.5. The number of pyridine rings is 1. The number of rotatable bonds is 10. The van der Waals surface area contributed by atoms with Crippen LogP contribution in [0.5, 0.6) is 0 Å². The molecule has 38 heavy (non-hydrogen) atoms. The van der Waals surface area contributed by atoms with Crippen molar-refractivity contribution in [3.05, 3.63) is 53.0 Å². The Morgan fingerprint density at radius 1 is 1.16 bits per heavy atom. The van der Waals surface area contributed by atoms with Gasteiger partial charge in [0.15, 0.2) is 5.82 Å². The van der Waals surface area contributed by atoms with Gasteiger partial charge in [-0.3, -0.25) is 9.78 Å². The fourth-order valence-corrected chi connectivity index (χ4v) is 6.63. The van der Waals surface area contributed by atoms with E-state index >= 15 is 0 Å². The molecule has 3 aromatic rings. The van der Waals surface area contributed by atoms with Gasteiger partial charge in [-0.15, -0.1) is 11.8 Å². The summed E-state index contributed by atoms with van der Waals surface area (Å²) in [7, 11) is -1.15. The Morgan fingerprint density at radius 2 is 1.92 bits per heavy atom. The molecule has 1 aliphatic carbocycles. The summed E-state index contributed by atoms with van der Waals surface area (Å²) in [5.41, 5.74) is 7.14. The molecule has 1 unspecified atom stereocenters. The monoisotopic (exact) mass is 548 g/mol. The molecule has 2 aliphatic rings. The highest BCUT2D eigenvalue weighted by Crippen LogP contribution is 2.41. The van der Waals surface area contributed by atoms with Crippen molar-refractivity contribution < 1.29 is 9.53 Å². The van der Waals surface area contributed by atoms with Gasteiger partial charge in [0.25, 0.3) is 5.91 Å². The highest BCUT2D eigenvalue weighted by Gasteiger charge is 2.39. The number of hydrogen-bond donors (Lipinski definition) is 0. The number of aryl methyl sites for hydroxylation is 1. The maximum Gasteiger partial charge on any atom is 0.255 e. The Kier molecular flexibility index (Phi) is 7.59. The molecule has 1 aromatic carbocycles. The van der Waals surface area contributed by atoms with Gasteiger partial charge in [0.2, 0.25) is 0 Å². The first kappa shape index (κ1) is 27.2. The minimum atomic E-state index is -1.15. The zero-order chi connectivity index (χ0) is 27.2. The predicted octanol–water partition coefficient (Wildman–Crippen LogP) is 7.02. The number of thioether (sulfide) groups is 1. The molecule has 0 spiro atoms. The summed E-state index contributed by atoms with van der Waals surface area (Å²) >= 11 is 1.65. The van der Waals surface area contributed by atoms with Crippen molar-refractivity contribution in [3.8, 4) is 22.6 Å². The van der Waals surface area contributed by atoms with E-state index in [-0.39, 0.29) is 5.91 Å². The summed E-state index contributed by atoms with van der Waals surface area (Å²) in [6, 6.07) is 9.97. The molecule has 8 heteroatoms. The largest absolute Gasteiger partial charge is 0.361 e. The van der Waals surface area contributed by atoms with E-state index in [1.807, 2.05) is 19.2 Å². The Labute approximate surface area is 232 Å². The topological polar surface area (TPSA) is 60.2 Å². The van der Waals surface area contributed by atoms with Crippen LogP contribution >= 0.6 is 11.8 Å². The number of aromatic nitrogens is 3. The molecule has 6 nitrogen and oxygen atoms in total. The second-order valence-electron chi connectivity index (χ2n) is 12.0. The standard InChI is InChI=1S/C30H40N4O2SSi/c1-19-20(2)34(18-36-12-13-38(5,6)7)29(32-19)26-15-23(10-11-31-26)24-14-25-17-33(21(3)22-8-9-22)30(35)28(25)27(16-24)37-4/h10-11,14-16,21-22H,8-9,12-13,17-18H2,1-7H3. The molecule has 1 amide bonds. The number of hydrogen-bond acceptors (Lipinski definition) is 5. The fourth-order valence-electron chi connectivity index (χ4n) is 5.20. The first-order chi connectivity index (χ1) is 18.1. The van der Waals surface area contributed by atoms with Gasteiger partial charge in [0.1, 0.15) is 12.4 Å². The van der Waals surface area contributed by atoms with Crippen LogP contribution in [0.1, 0.15) is 47.1 Å². The highest BCUT2D eigenvalue weighted by molar-refractivity contribution is 7.98. The van der Waals surface area contributed by atoms with Crippen LogP contribution in [-0.4, -0.2) is 52.3 Å². The Morgan fingerprint density at radius 3 is 2.61 bits per heavy atom. The van der Waals surface area contributed by atoms with Crippen LogP contribution in [-0.2, 0) is 18.0 Å². The lowest BCUT2D eigenvalue weighted by atomic mass is 10.0. The minimum absolute atomic E-state index is 0.188. The van der Waals surface area contributed by atoms with Gasteiger partial charge >= 0.3 is 0 Å². The summed E-state index contributed by atoms with van der Waals surface area (Å²) in [6.07, 6.45) is 6.39. The molecule has 202 valence electrons. The second-order valence-corrected chi connectivity index (χ2v) is 18.5. The van der Waals surface area contributed by atoms with Gasteiger partial charge < -0.3 is 14.2 Å². The lowest BCUT2D eigenvalue weighted by Gasteiger charge is -2.24. The Balaban J connectivity index is 1.44. The average molecular weight is 549 g/mol. The molecule has 1 atom stereocenters. The molecule has 1 saturated carbocycles. The maximum atomic E-state index is 13.4. The third-order valence-electron chi connectivity index (χ3n) is 8.01. The molecule has 1 fully saturated rings. The summed E-state index contributed by atoms with van der Waals surface area (Å²) in [5, 5.41) is 0. The van der Waals surface area contributed by atoms with Crippen LogP contribution in [0.25, 0.3) is 22.6 Å². The van der Waals surface area contributed by atoms with E-state index in [0.717, 1.165) is 62.7 Å². The summed E-state index contributed by atoms with van der Waals surface area (Å²) < 4.78 is 8.24. The van der Waals surface area contributed by atoms with Crippen LogP contribution in [0, 0.1) is 19.8 Å². The van der Waals surface area contributed by atoms with Gasteiger partial charge in [-0.05, 0) is 92.8 Å². The lowest BCUT2D eigenvalue weighted by molar-refractivity contribution is 0.0695. The molecule has 2 aromatic heterocycles. The molecule has 0 saturated heterocycles. The first-order valence-electron chi connectivity index (χ1n) is 13.7. The highest BCUT2D eigenvalue weighted by atomic mass is 32.2. The molecule has 1 aliphatic heterocycles. The summed E-state index contributed by atoms with van der Waals surface area (Å²) in [5.74, 6) is 1.68. The molecular weight excluding hydrogens is 509 g/mol. The van der Waals surface area contributed by atoms with E-state index in [1.165, 1.54) is 12.8 Å². The number of nitrogens with zero attached hydrogens (tertiary/aromatic N) is 4. The average Bonchev–Trinajstić information content (AvgIpc) is 3.63. The van der Waals surface area contributed by atoms with E-state index in [0.29, 0.717) is 25.2 Å². The van der Waals surface area contributed by atoms with E-state index < -0.39 is 8.07 Å². The zero-order valence-electron chi connectivity index (χ0n) is 23.8. The number of benzene rings is 1. The second kappa shape index (κ2) is 10.6. The normalized spacial score (nSPS) is 16.3. The van der Waals surface area contributed by atoms with E-state index in [2.05, 4.69) is 67.4 Å². The molecule has 0 N–H and O–H groups in total. The van der Waals surface area contributed by atoms with Crippen molar-refractivity contribution in [3.63, 3.8) is 0 Å². The molecule has 5 rings (SSSR count). The molecular formula is C30H40N4O2SSi. The summed E-state index contributed by atoms with van der Waals surface area (Å²) in [4.78, 5) is 26.1. The summed E-state index contributed by atoms with van der Waals surface area (Å²) in [6.45, 7) is 15.4. The van der Waals surface area contributed by atoms with Crippen LogP contribution < -0.4 is 0 Å². The maximum absolute atomic E-state index is 13.4. The van der Waals surface area contributed by atoms with Crippen LogP contribution in [0.2, 0.25) is 25.7 Å². The smallest absolute Gasteiger partial charge is 0.255 e. The van der Waals surface area contributed by atoms with Crippen molar-refractivity contribution in [2.45, 2.75) is 83.5 Å². The Bertz CT molecular complexity index is 1360. The van der Waals surface area contributed by atoms with Crippen molar-refractivity contribution >= 4 is 25.7 Å². The van der Waals surface area contributed by atoms with E-state index in [1.54, 1.807) is 11.8 Å². The molecule has 0 radical (unpaired) electrons. The molecule has 3 heterocycles. The van der Waals surface area contributed by atoms with Gasteiger partial charge in [0, 0.05) is 44.1 Å². The SMILES string of the molecule is CSc1cc(-c2ccnc(-c3nc(C)c(C)n3COCC[Si](C)(C)C)c2)cc2c1C(=O)N(C(C)C1CC1)C2. The van der Waals surface area contributed by atoms with Gasteiger partial charge in [-0.2, -0.15) is 0 Å². The number of ether oxygens (including phenoxy) is 1. The van der Waals surface area contributed by atoms with Crippen LogP contribution in [0.15, 0.2) is 35.4 Å². The van der Waals surface area contributed by atoms with Crippen molar-refractivity contribution in [1.29, 1.82) is 0 Å². The van der Waals surface area contributed by atoms with Crippen molar-refractivity contribution in [2.24, 2.45) is 5.92 Å². The predicted molar refractivity (Wildman–Crippen MR) is 158 cm³/mol. The van der Waals surface area contributed by atoms with Crippen molar-refractivity contribution in [1.82, 2.24) is 19.4 Å². The van der Waals surface area contributed by atoms with Gasteiger partial charge in [-0.25, -0.2) is 4.98 Å². The van der Waals surface area contributed by atoms with Crippen LogP contribution in [0.3, 0.4) is 0 Å². The van der Waals surface area contributed by atoms with Gasteiger partial charge in [0.05, 0.1) is 11.3 Å².